The van der Waals surface area contributed by atoms with E-state index in [-0.39, 0.29) is 17.4 Å². The van der Waals surface area contributed by atoms with Crippen molar-refractivity contribution in [3.8, 4) is 0 Å². The van der Waals surface area contributed by atoms with Gasteiger partial charge in [-0.1, -0.05) is 23.2 Å². The molecule has 0 N–H and O–H groups in total. The van der Waals surface area contributed by atoms with E-state index in [1.54, 1.807) is 12.3 Å². The molecule has 1 aromatic rings. The Morgan fingerprint density at radius 1 is 1.27 bits per heavy atom. The van der Waals surface area contributed by atoms with E-state index >= 15 is 0 Å². The predicted octanol–water partition coefficient (Wildman–Crippen LogP) is 3.78. The Balaban J connectivity index is 1.40. The van der Waals surface area contributed by atoms with Crippen LogP contribution in [0.1, 0.15) is 38.5 Å². The molecule has 0 radical (unpaired) electrons. The van der Waals surface area contributed by atoms with Crippen molar-refractivity contribution in [3.63, 3.8) is 0 Å². The third kappa shape index (κ3) is 3.80. The monoisotopic (exact) mass is 397 g/mol. The summed E-state index contributed by atoms with van der Waals surface area (Å²) in [7, 11) is 0. The largest absolute Gasteiger partial charge is 0.376 e. The highest BCUT2D eigenvalue weighted by Crippen LogP contribution is 2.42. The molecule has 3 fully saturated rings. The van der Waals surface area contributed by atoms with Crippen LogP contribution in [0.4, 0.5) is 5.82 Å². The fourth-order valence-corrected chi connectivity index (χ4v) is 5.04. The Morgan fingerprint density at radius 2 is 2.08 bits per heavy atom. The van der Waals surface area contributed by atoms with Crippen molar-refractivity contribution in [1.29, 1.82) is 0 Å². The van der Waals surface area contributed by atoms with Crippen LogP contribution < -0.4 is 4.90 Å². The summed E-state index contributed by atoms with van der Waals surface area (Å²) in [6, 6.07) is 1.75. The minimum atomic E-state index is 0.224. The highest BCUT2D eigenvalue weighted by Gasteiger charge is 2.42. The van der Waals surface area contributed by atoms with Crippen molar-refractivity contribution in [2.24, 2.45) is 5.41 Å². The zero-order chi connectivity index (χ0) is 18.1. The second kappa shape index (κ2) is 7.53. The number of likely N-dealkylation sites (tertiary alicyclic amines) is 1. The molecule has 1 amide bonds. The number of amides is 1. The molecule has 26 heavy (non-hydrogen) atoms. The molecular weight excluding hydrogens is 373 g/mol. The van der Waals surface area contributed by atoms with Gasteiger partial charge in [-0.25, -0.2) is 4.98 Å². The Kier molecular flexibility index (Phi) is 5.31. The maximum absolute atomic E-state index is 12.4. The molecule has 7 heteroatoms. The summed E-state index contributed by atoms with van der Waals surface area (Å²) in [4.78, 5) is 21.1. The number of halogens is 2. The van der Waals surface area contributed by atoms with Crippen molar-refractivity contribution >= 4 is 34.9 Å². The van der Waals surface area contributed by atoms with Crippen LogP contribution in [0.3, 0.4) is 0 Å². The summed E-state index contributed by atoms with van der Waals surface area (Å²) in [6.07, 6.45) is 7.83. The van der Waals surface area contributed by atoms with Gasteiger partial charge in [0.15, 0.2) is 0 Å². The molecule has 5 nitrogen and oxygen atoms in total. The summed E-state index contributed by atoms with van der Waals surface area (Å²) >= 11 is 12.3. The summed E-state index contributed by atoms with van der Waals surface area (Å²) in [5.41, 5.74) is 0.224. The van der Waals surface area contributed by atoms with Gasteiger partial charge in [-0.2, -0.15) is 0 Å². The van der Waals surface area contributed by atoms with E-state index in [1.165, 1.54) is 0 Å². The van der Waals surface area contributed by atoms with E-state index in [0.29, 0.717) is 16.5 Å². The fourth-order valence-electron chi connectivity index (χ4n) is 4.54. The van der Waals surface area contributed by atoms with E-state index in [4.69, 9.17) is 27.9 Å². The Labute approximate surface area is 164 Å². The Bertz CT molecular complexity index is 671. The van der Waals surface area contributed by atoms with Crippen LogP contribution >= 0.6 is 23.2 Å². The summed E-state index contributed by atoms with van der Waals surface area (Å²) in [6.45, 7) is 4.28. The summed E-state index contributed by atoms with van der Waals surface area (Å²) in [5, 5.41) is 1.16. The smallest absolute Gasteiger partial charge is 0.222 e. The lowest BCUT2D eigenvalue weighted by molar-refractivity contribution is -0.140. The minimum Gasteiger partial charge on any atom is -0.376 e. The number of carbonyl (C=O) groups is 1. The number of rotatable bonds is 3. The Morgan fingerprint density at radius 3 is 2.77 bits per heavy atom. The number of piperidine rings is 2. The van der Waals surface area contributed by atoms with E-state index in [9.17, 15) is 4.79 Å². The molecule has 0 aromatic carbocycles. The van der Waals surface area contributed by atoms with Crippen LogP contribution in [0, 0.1) is 5.41 Å². The maximum Gasteiger partial charge on any atom is 0.222 e. The first-order valence-electron chi connectivity index (χ1n) is 9.50. The van der Waals surface area contributed by atoms with Gasteiger partial charge in [-0.15, -0.1) is 0 Å². The Hall–Kier alpha value is -1.04. The third-order valence-corrected chi connectivity index (χ3v) is 6.59. The average Bonchev–Trinajstić information content (AvgIpc) is 3.13. The first-order chi connectivity index (χ1) is 12.5. The van der Waals surface area contributed by atoms with E-state index < -0.39 is 0 Å². The lowest BCUT2D eigenvalue weighted by Crippen LogP contribution is -2.53. The first-order valence-corrected chi connectivity index (χ1v) is 10.3. The lowest BCUT2D eigenvalue weighted by atomic mass is 9.72. The number of ether oxygens (including phenoxy) is 1. The van der Waals surface area contributed by atoms with E-state index in [0.717, 1.165) is 70.7 Å². The molecule has 4 heterocycles. The number of hydrogen-bond acceptors (Lipinski definition) is 4. The number of carbonyl (C=O) groups excluding carboxylic acids is 1. The number of anilines is 1. The number of pyridine rings is 1. The van der Waals surface area contributed by atoms with Crippen molar-refractivity contribution in [3.05, 3.63) is 22.3 Å². The number of aromatic nitrogens is 1. The average molecular weight is 398 g/mol. The van der Waals surface area contributed by atoms with Crippen LogP contribution in [0.2, 0.25) is 10.0 Å². The van der Waals surface area contributed by atoms with Crippen LogP contribution in [-0.2, 0) is 9.53 Å². The van der Waals surface area contributed by atoms with E-state index in [2.05, 4.69) is 14.8 Å². The van der Waals surface area contributed by atoms with Gasteiger partial charge in [0.1, 0.15) is 5.82 Å². The molecule has 0 unspecified atom stereocenters. The summed E-state index contributed by atoms with van der Waals surface area (Å²) < 4.78 is 5.74. The van der Waals surface area contributed by atoms with Gasteiger partial charge in [-0.3, -0.25) is 4.79 Å². The van der Waals surface area contributed by atoms with Crippen LogP contribution in [0.25, 0.3) is 0 Å². The van der Waals surface area contributed by atoms with Crippen LogP contribution in [0.15, 0.2) is 12.3 Å². The number of nitrogens with zero attached hydrogens (tertiary/aromatic N) is 3. The van der Waals surface area contributed by atoms with Gasteiger partial charge in [-0.05, 0) is 43.6 Å². The quantitative estimate of drug-likeness (QED) is 0.778. The van der Waals surface area contributed by atoms with Crippen molar-refractivity contribution in [2.45, 2.75) is 44.6 Å². The molecule has 142 valence electrons. The van der Waals surface area contributed by atoms with Crippen molar-refractivity contribution in [1.82, 2.24) is 9.88 Å². The maximum atomic E-state index is 12.4. The van der Waals surface area contributed by atoms with Gasteiger partial charge in [0.25, 0.3) is 0 Å². The zero-order valence-corrected chi connectivity index (χ0v) is 16.4. The molecule has 1 spiro atoms. The molecule has 3 aliphatic heterocycles. The molecule has 0 bridgehead atoms. The summed E-state index contributed by atoms with van der Waals surface area (Å²) in [5.74, 6) is 1.10. The zero-order valence-electron chi connectivity index (χ0n) is 14.9. The van der Waals surface area contributed by atoms with Crippen molar-refractivity contribution in [2.75, 3.05) is 37.7 Å². The second-order valence-corrected chi connectivity index (χ2v) is 8.70. The predicted molar refractivity (Wildman–Crippen MR) is 103 cm³/mol. The van der Waals surface area contributed by atoms with Gasteiger partial charge < -0.3 is 14.5 Å². The molecule has 0 saturated carbocycles. The highest BCUT2D eigenvalue weighted by molar-refractivity contribution is 6.36. The van der Waals surface area contributed by atoms with Gasteiger partial charge >= 0.3 is 0 Å². The van der Waals surface area contributed by atoms with Gasteiger partial charge in [0.2, 0.25) is 5.91 Å². The lowest BCUT2D eigenvalue weighted by Gasteiger charge is -2.48. The molecule has 1 atom stereocenters. The van der Waals surface area contributed by atoms with Crippen LogP contribution in [0.5, 0.6) is 0 Å². The molecular formula is C19H25Cl2N3O2. The van der Waals surface area contributed by atoms with Gasteiger partial charge in [0.05, 0.1) is 16.1 Å². The normalized spacial score (nSPS) is 25.9. The van der Waals surface area contributed by atoms with Gasteiger partial charge in [0, 0.05) is 45.4 Å². The standard InChI is InChI=1S/C19H25Cl2N3O2/c20-14-10-16(21)18(22-11-14)23-7-5-19(6-8-23)4-3-17(25)24(13-19)12-15-2-1-9-26-15/h10-11,15H,1-9,12-13H2/t15-/m1/s1. The SMILES string of the molecule is O=C1CCC2(CCN(c3ncc(Cl)cc3Cl)CC2)CN1C[C@H]1CCCO1. The van der Waals surface area contributed by atoms with Crippen LogP contribution in [-0.4, -0.2) is 54.7 Å². The third-order valence-electron chi connectivity index (χ3n) is 6.11. The van der Waals surface area contributed by atoms with E-state index in [1.807, 2.05) is 0 Å². The second-order valence-electron chi connectivity index (χ2n) is 7.86. The molecule has 0 aliphatic carbocycles. The molecule has 3 saturated heterocycles. The topological polar surface area (TPSA) is 45.7 Å². The highest BCUT2D eigenvalue weighted by atomic mass is 35.5. The first kappa shape index (κ1) is 18.3. The molecule has 3 aliphatic rings. The molecule has 1 aromatic heterocycles. The fraction of sp³-hybridized carbons (Fsp3) is 0.684. The molecule has 4 rings (SSSR count). The minimum absolute atomic E-state index is 0.224. The number of hydrogen-bond donors (Lipinski definition) is 0. The van der Waals surface area contributed by atoms with Crippen molar-refractivity contribution < 1.29 is 9.53 Å².